The highest BCUT2D eigenvalue weighted by Crippen LogP contribution is 2.30. The van der Waals surface area contributed by atoms with Gasteiger partial charge < -0.3 is 9.80 Å². The lowest BCUT2D eigenvalue weighted by Crippen LogP contribution is -2.36. The van der Waals surface area contributed by atoms with E-state index in [-0.39, 0.29) is 24.1 Å². The van der Waals surface area contributed by atoms with Crippen LogP contribution >= 0.6 is 0 Å². The van der Waals surface area contributed by atoms with Gasteiger partial charge in [-0.15, -0.1) is 0 Å². The molecule has 0 spiro atoms. The van der Waals surface area contributed by atoms with Gasteiger partial charge in [-0.05, 0) is 81.2 Å². The Balaban J connectivity index is 1.38. The molecule has 1 aliphatic carbocycles. The van der Waals surface area contributed by atoms with Crippen LogP contribution < -0.4 is 0 Å². The molecule has 170 valence electrons. The number of benzene rings is 1. The Kier molecular flexibility index (Phi) is 6.87. The van der Waals surface area contributed by atoms with Gasteiger partial charge in [0.1, 0.15) is 11.6 Å². The van der Waals surface area contributed by atoms with Crippen LogP contribution in [0, 0.1) is 12.7 Å². The van der Waals surface area contributed by atoms with Gasteiger partial charge in [-0.25, -0.2) is 9.18 Å². The molecule has 4 rings (SSSR count). The predicted octanol–water partition coefficient (Wildman–Crippen LogP) is 4.80. The Labute approximate surface area is 189 Å². The van der Waals surface area contributed by atoms with Crippen molar-refractivity contribution in [3.8, 4) is 0 Å². The third-order valence-corrected chi connectivity index (χ3v) is 6.66. The third-order valence-electron chi connectivity index (χ3n) is 6.66. The van der Waals surface area contributed by atoms with Crippen molar-refractivity contribution < 1.29 is 14.0 Å². The summed E-state index contributed by atoms with van der Waals surface area (Å²) >= 11 is 0. The fraction of sp³-hybridized carbons (Fsp3) is 0.500. The Morgan fingerprint density at radius 2 is 1.97 bits per heavy atom. The number of aromatic nitrogens is 1. The number of aryl methyl sites for hydroxylation is 4. The first-order chi connectivity index (χ1) is 15.4. The summed E-state index contributed by atoms with van der Waals surface area (Å²) in [6.45, 7) is 5.05. The number of hydrogen-bond donors (Lipinski definition) is 0. The van der Waals surface area contributed by atoms with Crippen LogP contribution in [-0.2, 0) is 24.1 Å². The standard InChI is InChI=1S/C26H32FN3O2/c1-18-9-10-21(17-23(18)27)25(16-19(2)31)30-15-14-29(26(30)32)13-5-7-22-12-11-20-6-3-4-8-24(20)28-22/h9-12,17,25H,3-8,13-16H2,1-2H3/t25-/m0/s1. The number of pyridine rings is 1. The predicted molar refractivity (Wildman–Crippen MR) is 122 cm³/mol. The molecule has 1 atom stereocenters. The summed E-state index contributed by atoms with van der Waals surface area (Å²) < 4.78 is 14.2. The number of urea groups is 1. The van der Waals surface area contributed by atoms with Crippen LogP contribution in [-0.4, -0.2) is 46.2 Å². The zero-order chi connectivity index (χ0) is 22.7. The molecule has 1 aromatic heterocycles. The van der Waals surface area contributed by atoms with Gasteiger partial charge >= 0.3 is 6.03 Å². The molecule has 0 bridgehead atoms. The fourth-order valence-electron chi connectivity index (χ4n) is 4.81. The topological polar surface area (TPSA) is 53.5 Å². The van der Waals surface area contributed by atoms with Gasteiger partial charge in [0.25, 0.3) is 0 Å². The Morgan fingerprint density at radius 3 is 2.75 bits per heavy atom. The average molecular weight is 438 g/mol. The molecule has 2 heterocycles. The molecule has 0 N–H and O–H groups in total. The third kappa shape index (κ3) is 5.00. The van der Waals surface area contributed by atoms with E-state index >= 15 is 0 Å². The Hall–Kier alpha value is -2.76. The lowest BCUT2D eigenvalue weighted by Gasteiger charge is -2.28. The van der Waals surface area contributed by atoms with E-state index in [1.54, 1.807) is 17.9 Å². The van der Waals surface area contributed by atoms with Gasteiger partial charge in [0.05, 0.1) is 6.04 Å². The quantitative estimate of drug-likeness (QED) is 0.596. The minimum Gasteiger partial charge on any atom is -0.323 e. The van der Waals surface area contributed by atoms with E-state index in [0.717, 1.165) is 31.4 Å². The molecule has 0 unspecified atom stereocenters. The number of hydrogen-bond acceptors (Lipinski definition) is 3. The van der Waals surface area contributed by atoms with Gasteiger partial charge in [0.2, 0.25) is 0 Å². The number of nitrogens with zero attached hydrogens (tertiary/aromatic N) is 3. The molecular weight excluding hydrogens is 405 g/mol. The second-order valence-electron chi connectivity index (χ2n) is 9.11. The normalized spacial score (nSPS) is 16.9. The number of halogens is 1. The largest absolute Gasteiger partial charge is 0.323 e. The van der Waals surface area contributed by atoms with Crippen LogP contribution in [0.5, 0.6) is 0 Å². The second kappa shape index (κ2) is 9.80. The Bertz CT molecular complexity index is 1010. The monoisotopic (exact) mass is 437 g/mol. The highest BCUT2D eigenvalue weighted by Gasteiger charge is 2.35. The van der Waals surface area contributed by atoms with E-state index in [2.05, 4.69) is 12.1 Å². The van der Waals surface area contributed by atoms with Crippen LogP contribution in [0.2, 0.25) is 0 Å². The van der Waals surface area contributed by atoms with Crippen molar-refractivity contribution in [2.45, 2.75) is 64.8 Å². The number of Topliss-reactive ketones (excluding diaryl/α,β-unsaturated/α-hetero) is 1. The molecule has 1 aromatic carbocycles. The Morgan fingerprint density at radius 1 is 1.16 bits per heavy atom. The van der Waals surface area contributed by atoms with Gasteiger partial charge in [0, 0.05) is 37.4 Å². The van der Waals surface area contributed by atoms with Crippen LogP contribution in [0.1, 0.15) is 66.7 Å². The summed E-state index contributed by atoms with van der Waals surface area (Å²) in [6, 6.07) is 8.83. The maximum atomic E-state index is 14.2. The highest BCUT2D eigenvalue weighted by molar-refractivity contribution is 5.80. The maximum absolute atomic E-state index is 14.2. The molecule has 1 fully saturated rings. The summed E-state index contributed by atoms with van der Waals surface area (Å²) in [7, 11) is 0. The molecule has 2 amide bonds. The van der Waals surface area contributed by atoms with Gasteiger partial charge in [-0.3, -0.25) is 9.78 Å². The number of amides is 2. The van der Waals surface area contributed by atoms with Crippen molar-refractivity contribution in [1.29, 1.82) is 0 Å². The minimum absolute atomic E-state index is 0.0132. The van der Waals surface area contributed by atoms with Crippen molar-refractivity contribution in [3.05, 3.63) is 64.2 Å². The first kappa shape index (κ1) is 22.4. The molecule has 0 radical (unpaired) electrons. The lowest BCUT2D eigenvalue weighted by molar-refractivity contribution is -0.118. The maximum Gasteiger partial charge on any atom is 0.320 e. The van der Waals surface area contributed by atoms with Crippen molar-refractivity contribution >= 4 is 11.8 Å². The smallest absolute Gasteiger partial charge is 0.320 e. The number of ketones is 1. The van der Waals surface area contributed by atoms with Crippen LogP contribution in [0.3, 0.4) is 0 Å². The molecule has 6 heteroatoms. The van der Waals surface area contributed by atoms with Gasteiger partial charge in [0.15, 0.2) is 0 Å². The zero-order valence-electron chi connectivity index (χ0n) is 19.1. The molecule has 0 saturated carbocycles. The minimum atomic E-state index is -0.428. The van der Waals surface area contributed by atoms with E-state index in [1.807, 2.05) is 11.0 Å². The summed E-state index contributed by atoms with van der Waals surface area (Å²) in [4.78, 5) is 33.4. The SMILES string of the molecule is CC(=O)C[C@@H](c1ccc(C)c(F)c1)N1CCN(CCCc2ccc3c(n2)CCCC3)C1=O. The van der Waals surface area contributed by atoms with E-state index in [0.29, 0.717) is 30.8 Å². The van der Waals surface area contributed by atoms with Gasteiger partial charge in [-0.1, -0.05) is 18.2 Å². The zero-order valence-corrected chi connectivity index (χ0v) is 19.1. The first-order valence-corrected chi connectivity index (χ1v) is 11.7. The van der Waals surface area contributed by atoms with E-state index in [1.165, 1.54) is 37.1 Å². The molecule has 1 aliphatic heterocycles. The molecule has 32 heavy (non-hydrogen) atoms. The van der Waals surface area contributed by atoms with E-state index in [9.17, 15) is 14.0 Å². The summed E-state index contributed by atoms with van der Waals surface area (Å²) in [5.74, 6) is -0.321. The van der Waals surface area contributed by atoms with Crippen LogP contribution in [0.25, 0.3) is 0 Å². The highest BCUT2D eigenvalue weighted by atomic mass is 19.1. The van der Waals surface area contributed by atoms with Crippen molar-refractivity contribution in [2.75, 3.05) is 19.6 Å². The molecule has 2 aromatic rings. The van der Waals surface area contributed by atoms with Gasteiger partial charge in [-0.2, -0.15) is 0 Å². The summed E-state index contributed by atoms with van der Waals surface area (Å²) in [5.41, 5.74) is 4.96. The van der Waals surface area contributed by atoms with E-state index in [4.69, 9.17) is 4.98 Å². The van der Waals surface area contributed by atoms with Crippen LogP contribution in [0.15, 0.2) is 30.3 Å². The second-order valence-corrected chi connectivity index (χ2v) is 9.11. The molecule has 5 nitrogen and oxygen atoms in total. The lowest BCUT2D eigenvalue weighted by atomic mass is 9.95. The molecule has 1 saturated heterocycles. The first-order valence-electron chi connectivity index (χ1n) is 11.7. The summed E-state index contributed by atoms with van der Waals surface area (Å²) in [5, 5.41) is 0. The number of carbonyl (C=O) groups excluding carboxylic acids is 2. The number of carbonyl (C=O) groups is 2. The molecular formula is C26H32FN3O2. The van der Waals surface area contributed by atoms with Crippen molar-refractivity contribution in [1.82, 2.24) is 14.8 Å². The van der Waals surface area contributed by atoms with E-state index < -0.39 is 6.04 Å². The summed E-state index contributed by atoms with van der Waals surface area (Å²) in [6.07, 6.45) is 6.56. The van der Waals surface area contributed by atoms with Crippen LogP contribution in [0.4, 0.5) is 9.18 Å². The van der Waals surface area contributed by atoms with Crippen molar-refractivity contribution in [2.24, 2.45) is 0 Å². The fourth-order valence-corrected chi connectivity index (χ4v) is 4.81. The number of fused-ring (bicyclic) bond motifs is 1. The van der Waals surface area contributed by atoms with Crippen molar-refractivity contribution in [3.63, 3.8) is 0 Å². The molecule has 2 aliphatic rings. The average Bonchev–Trinajstić information content (AvgIpc) is 3.14. The number of rotatable bonds is 8.